The molecule has 1 saturated heterocycles. The van der Waals surface area contributed by atoms with Gasteiger partial charge in [-0.25, -0.2) is 0 Å². The summed E-state index contributed by atoms with van der Waals surface area (Å²) in [5.41, 5.74) is 5.74. The van der Waals surface area contributed by atoms with Gasteiger partial charge in [0.15, 0.2) is 0 Å². The van der Waals surface area contributed by atoms with E-state index < -0.39 is 0 Å². The van der Waals surface area contributed by atoms with Gasteiger partial charge in [0.05, 0.1) is 13.0 Å². The Hall–Kier alpha value is -0.610. The van der Waals surface area contributed by atoms with Gasteiger partial charge in [-0.15, -0.1) is 0 Å². The van der Waals surface area contributed by atoms with Crippen LogP contribution in [-0.4, -0.2) is 43.2 Å². The Bertz CT molecular complexity index is 229. The largest absolute Gasteiger partial charge is 0.381 e. The molecule has 0 bridgehead atoms. The molecule has 1 amide bonds. The second-order valence-corrected chi connectivity index (χ2v) is 4.66. The van der Waals surface area contributed by atoms with Gasteiger partial charge in [0.25, 0.3) is 0 Å². The topological polar surface area (TPSA) is 55.6 Å². The van der Waals surface area contributed by atoms with Gasteiger partial charge in [-0.3, -0.25) is 4.79 Å². The zero-order valence-corrected chi connectivity index (χ0v) is 9.15. The molecule has 86 valence electrons. The molecule has 1 saturated carbocycles. The number of nitrogens with zero attached hydrogens (tertiary/aromatic N) is 1. The van der Waals surface area contributed by atoms with Gasteiger partial charge < -0.3 is 15.4 Å². The minimum absolute atomic E-state index is 0.182. The van der Waals surface area contributed by atoms with E-state index in [9.17, 15) is 4.79 Å². The highest BCUT2D eigenvalue weighted by Gasteiger charge is 2.24. The molecule has 4 heteroatoms. The number of likely N-dealkylation sites (tertiary alicyclic amines) is 1. The molecule has 1 atom stereocenters. The summed E-state index contributed by atoms with van der Waals surface area (Å²) in [7, 11) is 0. The number of ether oxygens (including phenoxy) is 1. The maximum atomic E-state index is 11.6. The van der Waals surface area contributed by atoms with E-state index in [0.717, 1.165) is 32.0 Å². The lowest BCUT2D eigenvalue weighted by Gasteiger charge is -2.15. The number of hydrogen-bond donors (Lipinski definition) is 1. The summed E-state index contributed by atoms with van der Waals surface area (Å²) in [4.78, 5) is 13.5. The Balaban J connectivity index is 1.55. The van der Waals surface area contributed by atoms with Crippen molar-refractivity contribution in [2.24, 2.45) is 11.7 Å². The summed E-state index contributed by atoms with van der Waals surface area (Å²) < 4.78 is 5.44. The zero-order chi connectivity index (χ0) is 10.7. The first-order valence-electron chi connectivity index (χ1n) is 5.87. The van der Waals surface area contributed by atoms with Gasteiger partial charge >= 0.3 is 0 Å². The van der Waals surface area contributed by atoms with E-state index in [1.54, 1.807) is 0 Å². The monoisotopic (exact) mass is 212 g/mol. The number of carbonyl (C=O) groups excluding carboxylic acids is 1. The Morgan fingerprint density at radius 2 is 2.20 bits per heavy atom. The Morgan fingerprint density at radius 1 is 1.40 bits per heavy atom. The molecule has 0 spiro atoms. The maximum Gasteiger partial charge on any atom is 0.224 e. The summed E-state index contributed by atoms with van der Waals surface area (Å²) >= 11 is 0. The minimum Gasteiger partial charge on any atom is -0.381 e. The van der Waals surface area contributed by atoms with Crippen LogP contribution in [0.15, 0.2) is 0 Å². The smallest absolute Gasteiger partial charge is 0.224 e. The van der Waals surface area contributed by atoms with E-state index in [1.807, 2.05) is 4.90 Å². The number of nitrogens with two attached hydrogens (primary N) is 1. The SMILES string of the molecule is N[C@@H]1CCN(C(=O)CCOCC2CC2)C1. The quantitative estimate of drug-likeness (QED) is 0.670. The first-order valence-corrected chi connectivity index (χ1v) is 5.87. The molecule has 15 heavy (non-hydrogen) atoms. The molecule has 2 aliphatic rings. The van der Waals surface area contributed by atoms with Gasteiger partial charge in [0.2, 0.25) is 5.91 Å². The van der Waals surface area contributed by atoms with E-state index in [2.05, 4.69) is 0 Å². The van der Waals surface area contributed by atoms with Crippen LogP contribution in [0.3, 0.4) is 0 Å². The van der Waals surface area contributed by atoms with Crippen LogP contribution in [0.25, 0.3) is 0 Å². The fourth-order valence-electron chi connectivity index (χ4n) is 1.87. The highest BCUT2D eigenvalue weighted by atomic mass is 16.5. The zero-order valence-electron chi connectivity index (χ0n) is 9.15. The first kappa shape index (κ1) is 10.9. The van der Waals surface area contributed by atoms with Gasteiger partial charge in [0.1, 0.15) is 0 Å². The van der Waals surface area contributed by atoms with Crippen LogP contribution in [0.4, 0.5) is 0 Å². The number of amides is 1. The summed E-state index contributed by atoms with van der Waals surface area (Å²) in [6.07, 6.45) is 4.05. The van der Waals surface area contributed by atoms with E-state index >= 15 is 0 Å². The number of carbonyl (C=O) groups is 1. The maximum absolute atomic E-state index is 11.6. The van der Waals surface area contributed by atoms with Crippen molar-refractivity contribution < 1.29 is 9.53 Å². The molecule has 0 aromatic rings. The van der Waals surface area contributed by atoms with Crippen LogP contribution in [0.1, 0.15) is 25.7 Å². The average Bonchev–Trinajstić information content (AvgIpc) is 2.94. The van der Waals surface area contributed by atoms with Crippen molar-refractivity contribution in [3.05, 3.63) is 0 Å². The van der Waals surface area contributed by atoms with Crippen LogP contribution < -0.4 is 5.73 Å². The van der Waals surface area contributed by atoms with Crippen LogP contribution in [0.5, 0.6) is 0 Å². The lowest BCUT2D eigenvalue weighted by atomic mass is 10.3. The predicted octanol–water partition coefficient (Wildman–Crippen LogP) is 0.363. The second kappa shape index (κ2) is 4.94. The van der Waals surface area contributed by atoms with Gasteiger partial charge in [-0.1, -0.05) is 0 Å². The molecule has 0 aromatic heterocycles. The standard InChI is InChI=1S/C11H20N2O2/c12-10-3-5-13(7-10)11(14)4-6-15-8-9-1-2-9/h9-10H,1-8,12H2/t10-/m1/s1. The molecule has 0 unspecified atom stereocenters. The van der Waals surface area contributed by atoms with Crippen molar-refractivity contribution in [2.45, 2.75) is 31.7 Å². The van der Waals surface area contributed by atoms with E-state index in [-0.39, 0.29) is 11.9 Å². The number of hydrogen-bond acceptors (Lipinski definition) is 3. The van der Waals surface area contributed by atoms with Crippen molar-refractivity contribution in [1.29, 1.82) is 0 Å². The summed E-state index contributed by atoms with van der Waals surface area (Å²) in [6.45, 7) is 2.96. The molecule has 0 aromatic carbocycles. The third-order valence-corrected chi connectivity index (χ3v) is 3.09. The highest BCUT2D eigenvalue weighted by molar-refractivity contribution is 5.76. The third-order valence-electron chi connectivity index (χ3n) is 3.09. The predicted molar refractivity (Wildman–Crippen MR) is 57.3 cm³/mol. The number of rotatable bonds is 5. The molecule has 1 heterocycles. The van der Waals surface area contributed by atoms with Crippen LogP contribution >= 0.6 is 0 Å². The van der Waals surface area contributed by atoms with Crippen molar-refractivity contribution in [3.8, 4) is 0 Å². The normalized spacial score (nSPS) is 25.9. The summed E-state index contributed by atoms with van der Waals surface area (Å²) in [6, 6.07) is 0.182. The Morgan fingerprint density at radius 3 is 2.80 bits per heavy atom. The summed E-state index contributed by atoms with van der Waals surface area (Å²) in [5.74, 6) is 0.971. The average molecular weight is 212 g/mol. The van der Waals surface area contributed by atoms with Gasteiger partial charge in [-0.2, -0.15) is 0 Å². The molecule has 2 N–H and O–H groups in total. The lowest BCUT2D eigenvalue weighted by Crippen LogP contribution is -2.32. The fraction of sp³-hybridized carbons (Fsp3) is 0.909. The van der Waals surface area contributed by atoms with E-state index in [0.29, 0.717) is 13.0 Å². The molecule has 2 rings (SSSR count). The molecular formula is C11H20N2O2. The fourth-order valence-corrected chi connectivity index (χ4v) is 1.87. The van der Waals surface area contributed by atoms with Gasteiger partial charge in [-0.05, 0) is 25.2 Å². The molecule has 0 radical (unpaired) electrons. The molecular weight excluding hydrogens is 192 g/mol. The van der Waals surface area contributed by atoms with Crippen LogP contribution in [-0.2, 0) is 9.53 Å². The van der Waals surface area contributed by atoms with Crippen molar-refractivity contribution in [1.82, 2.24) is 4.90 Å². The van der Waals surface area contributed by atoms with Crippen LogP contribution in [0, 0.1) is 5.92 Å². The summed E-state index contributed by atoms with van der Waals surface area (Å²) in [5, 5.41) is 0. The highest BCUT2D eigenvalue weighted by Crippen LogP contribution is 2.28. The van der Waals surface area contributed by atoms with Crippen molar-refractivity contribution in [2.75, 3.05) is 26.3 Å². The van der Waals surface area contributed by atoms with Crippen molar-refractivity contribution >= 4 is 5.91 Å². The van der Waals surface area contributed by atoms with Crippen LogP contribution in [0.2, 0.25) is 0 Å². The Labute approximate surface area is 90.8 Å². The van der Waals surface area contributed by atoms with Crippen molar-refractivity contribution in [3.63, 3.8) is 0 Å². The van der Waals surface area contributed by atoms with E-state index in [4.69, 9.17) is 10.5 Å². The molecule has 4 nitrogen and oxygen atoms in total. The minimum atomic E-state index is 0.182. The lowest BCUT2D eigenvalue weighted by molar-refractivity contribution is -0.131. The molecule has 2 fully saturated rings. The first-order chi connectivity index (χ1) is 7.25. The third kappa shape index (κ3) is 3.47. The Kier molecular flexibility index (Phi) is 3.59. The molecule has 1 aliphatic heterocycles. The molecule has 1 aliphatic carbocycles. The van der Waals surface area contributed by atoms with Gasteiger partial charge in [0, 0.05) is 25.7 Å². The second-order valence-electron chi connectivity index (χ2n) is 4.66. The van der Waals surface area contributed by atoms with E-state index in [1.165, 1.54) is 12.8 Å².